The van der Waals surface area contributed by atoms with Crippen molar-refractivity contribution >= 4 is 41.0 Å². The molecule has 0 radical (unpaired) electrons. The van der Waals surface area contributed by atoms with Crippen LogP contribution in [0.25, 0.3) is 22.5 Å². The molecule has 0 unspecified atom stereocenters. The maximum Gasteiger partial charge on any atom is 0.351 e. The maximum atomic E-state index is 13.5. The van der Waals surface area contributed by atoms with Gasteiger partial charge in [-0.3, -0.25) is 23.7 Å². The summed E-state index contributed by atoms with van der Waals surface area (Å²) in [7, 11) is 3.60. The van der Waals surface area contributed by atoms with E-state index in [9.17, 15) is 28.3 Å². The number of nitrogens with one attached hydrogen (secondary N) is 3. The van der Waals surface area contributed by atoms with Crippen molar-refractivity contribution in [2.45, 2.75) is 6.92 Å². The molecule has 1 saturated heterocycles. The van der Waals surface area contributed by atoms with Crippen LogP contribution in [-0.4, -0.2) is 104 Å². The molecule has 0 aliphatic carbocycles. The van der Waals surface area contributed by atoms with Crippen LogP contribution < -0.4 is 25.4 Å². The zero-order chi connectivity index (χ0) is 45.6. The molecule has 5 N–H and O–H groups in total. The molecule has 4 aromatic carbocycles. The summed E-state index contributed by atoms with van der Waals surface area (Å²) < 4.78 is 36.2. The number of aromatic hydroxyl groups is 1. The number of nitrogens with zero attached hydrogens (tertiary/aromatic N) is 5. The number of carboxylic acid groups (broad SMARTS) is 2. The smallest absolute Gasteiger partial charge is 0.351 e. The molecule has 3 heterocycles. The van der Waals surface area contributed by atoms with E-state index in [0.717, 1.165) is 50.0 Å². The monoisotopic (exact) mass is 866 g/mol. The first-order chi connectivity index (χ1) is 30.1. The molecular weight excluding hydrogens is 823 g/mol. The van der Waals surface area contributed by atoms with E-state index in [1.165, 1.54) is 47.4 Å². The van der Waals surface area contributed by atoms with E-state index >= 15 is 0 Å². The van der Waals surface area contributed by atoms with Crippen LogP contribution >= 0.6 is 0 Å². The summed E-state index contributed by atoms with van der Waals surface area (Å²) >= 11 is 0. The Kier molecular flexibility index (Phi) is 15.8. The quantitative estimate of drug-likeness (QED) is 0.0994. The normalized spacial score (nSPS) is 12.2. The average Bonchev–Trinajstić information content (AvgIpc) is 3.89. The van der Waals surface area contributed by atoms with Gasteiger partial charge in [0.2, 0.25) is 5.91 Å². The topological polar surface area (TPSA) is 225 Å². The zero-order valence-electron chi connectivity index (χ0n) is 34.4. The molecule has 19 heteroatoms. The number of halogens is 2. The van der Waals surface area contributed by atoms with Crippen LogP contribution in [-0.2, 0) is 28.5 Å². The fourth-order valence-corrected chi connectivity index (χ4v) is 6.39. The molecule has 63 heavy (non-hydrogen) atoms. The maximum absolute atomic E-state index is 13.5. The number of rotatable bonds is 10. The minimum absolute atomic E-state index is 0.0809. The molecule has 2 aromatic heterocycles. The first kappa shape index (κ1) is 46.1. The predicted molar refractivity (Wildman–Crippen MR) is 224 cm³/mol. The number of quaternary nitrogens is 1. The van der Waals surface area contributed by atoms with Crippen molar-refractivity contribution in [1.29, 1.82) is 0 Å². The molecule has 7 rings (SSSR count). The molecule has 17 nitrogen and oxygen atoms in total. The number of piperazine rings is 1. The molecule has 0 bridgehead atoms. The van der Waals surface area contributed by atoms with E-state index in [1.807, 2.05) is 30.1 Å². The van der Waals surface area contributed by atoms with E-state index in [2.05, 4.69) is 20.8 Å². The van der Waals surface area contributed by atoms with Gasteiger partial charge in [-0.1, -0.05) is 12.1 Å². The number of carbonyl (C=O) groups excluding carboxylic acids is 4. The van der Waals surface area contributed by atoms with Crippen molar-refractivity contribution in [2.75, 3.05) is 50.0 Å². The number of carbonyl (C=O) groups is 5. The number of ether oxygens (including phenoxy) is 1. The van der Waals surface area contributed by atoms with Gasteiger partial charge in [-0.2, -0.15) is 10.2 Å². The zero-order valence-corrected chi connectivity index (χ0v) is 34.4. The van der Waals surface area contributed by atoms with Gasteiger partial charge in [-0.25, -0.2) is 13.6 Å². The van der Waals surface area contributed by atoms with Gasteiger partial charge in [0.25, 0.3) is 11.8 Å². The van der Waals surface area contributed by atoms with Gasteiger partial charge < -0.3 is 45.3 Å². The van der Waals surface area contributed by atoms with Crippen molar-refractivity contribution in [3.05, 3.63) is 132 Å². The number of benzene rings is 4. The lowest BCUT2D eigenvalue weighted by atomic mass is 10.1. The number of phenolic OH excluding ortho intramolecular Hbond substituents is 1. The Morgan fingerprint density at radius 1 is 0.746 bits per heavy atom. The number of amides is 3. The second-order valence-electron chi connectivity index (χ2n) is 14.0. The summed E-state index contributed by atoms with van der Waals surface area (Å²) in [6, 6.07) is 24.8. The number of carboxylic acids is 2. The first-order valence-electron chi connectivity index (χ1n) is 19.3. The average molecular weight is 867 g/mol. The van der Waals surface area contributed by atoms with E-state index in [4.69, 9.17) is 24.5 Å². The summed E-state index contributed by atoms with van der Waals surface area (Å²) in [6.45, 7) is 6.31. The van der Waals surface area contributed by atoms with Crippen molar-refractivity contribution in [3.8, 4) is 34.0 Å². The summed E-state index contributed by atoms with van der Waals surface area (Å²) in [4.78, 5) is 57.6. The van der Waals surface area contributed by atoms with E-state index in [1.54, 1.807) is 66.1 Å². The van der Waals surface area contributed by atoms with Crippen LogP contribution in [0, 0.1) is 11.6 Å². The highest BCUT2D eigenvalue weighted by atomic mass is 19.1. The van der Waals surface area contributed by atoms with Gasteiger partial charge in [0, 0.05) is 67.0 Å². The van der Waals surface area contributed by atoms with E-state index in [-0.39, 0.29) is 22.8 Å². The third kappa shape index (κ3) is 13.0. The predicted octanol–water partition coefficient (Wildman–Crippen LogP) is 2.61. The summed E-state index contributed by atoms with van der Waals surface area (Å²) in [5.74, 6) is -4.86. The van der Waals surface area contributed by atoms with Gasteiger partial charge in [0.1, 0.15) is 36.3 Å². The standard InChI is InChI=1S/C25H28FN5O3.C17H14FN3O2.C2H2O4/c1-18(32)31-12-10-30(11-13-31)14-15-34-24-7-6-21(17-22(24)23-8-9-27-29(23)2)28-25(33)19-4-3-5-20(26)16-19;1-21-15(7-8-19-21)14-10-13(5-6-16(14)22)20-17(23)11-3-2-4-12(18)9-11;3-1(4)2(5)6/h3-9,16-17H,10-15H2,1-2H3,(H,28,33);2-10,22H,1H3,(H,20,23);(H,3,4)(H,5,6). The number of hydrogen-bond donors (Lipinski definition) is 5. The highest BCUT2D eigenvalue weighted by Gasteiger charge is 2.22. The molecule has 1 aliphatic rings. The van der Waals surface area contributed by atoms with Crippen LogP contribution in [0.1, 0.15) is 27.6 Å². The highest BCUT2D eigenvalue weighted by molar-refractivity contribution is 6.26. The van der Waals surface area contributed by atoms with Gasteiger partial charge in [-0.05, 0) is 84.9 Å². The second kappa shape index (κ2) is 21.5. The van der Waals surface area contributed by atoms with E-state index < -0.39 is 35.4 Å². The fraction of sp³-hybridized carbons (Fsp3) is 0.205. The van der Waals surface area contributed by atoms with Gasteiger partial charge in [0.05, 0.1) is 37.6 Å². The van der Waals surface area contributed by atoms with Crippen molar-refractivity contribution in [2.24, 2.45) is 14.1 Å². The molecule has 3 amide bonds. The number of phenols is 1. The van der Waals surface area contributed by atoms with Gasteiger partial charge in [-0.15, -0.1) is 0 Å². The minimum Gasteiger partial charge on any atom is -0.539 e. The summed E-state index contributed by atoms with van der Waals surface area (Å²) in [5, 5.41) is 40.2. The number of hydrogen-bond acceptors (Lipinski definition) is 10. The first-order valence-corrected chi connectivity index (χ1v) is 19.3. The lowest BCUT2D eigenvalue weighted by molar-refractivity contribution is -0.904. The van der Waals surface area contributed by atoms with Gasteiger partial charge >= 0.3 is 5.97 Å². The van der Waals surface area contributed by atoms with Crippen LogP contribution in [0.15, 0.2) is 109 Å². The summed E-state index contributed by atoms with van der Waals surface area (Å²) in [6.07, 6.45) is 3.32. The number of aliphatic carboxylic acids is 2. The Labute approximate surface area is 359 Å². The number of anilines is 2. The second-order valence-corrected chi connectivity index (χ2v) is 14.0. The third-order valence-corrected chi connectivity index (χ3v) is 9.66. The van der Waals surface area contributed by atoms with Crippen molar-refractivity contribution in [3.63, 3.8) is 0 Å². The number of aromatic nitrogens is 4. The van der Waals surface area contributed by atoms with Crippen LogP contribution in [0.5, 0.6) is 11.5 Å². The molecule has 0 spiro atoms. The molecule has 1 aliphatic heterocycles. The Hall–Kier alpha value is -7.93. The lowest BCUT2D eigenvalue weighted by Gasteiger charge is -2.31. The van der Waals surface area contributed by atoms with Crippen LogP contribution in [0.2, 0.25) is 0 Å². The summed E-state index contributed by atoms with van der Waals surface area (Å²) in [5.41, 5.74) is 4.44. The molecular formula is C44H44F2N8O9. The Morgan fingerprint density at radius 3 is 1.70 bits per heavy atom. The highest BCUT2D eigenvalue weighted by Crippen LogP contribution is 2.33. The van der Waals surface area contributed by atoms with Crippen LogP contribution in [0.4, 0.5) is 20.2 Å². The van der Waals surface area contributed by atoms with Gasteiger partial charge in [0.15, 0.2) is 5.97 Å². The van der Waals surface area contributed by atoms with Crippen molar-refractivity contribution in [1.82, 2.24) is 24.5 Å². The molecule has 328 valence electrons. The Bertz CT molecular complexity index is 2580. The third-order valence-electron chi connectivity index (χ3n) is 9.66. The van der Waals surface area contributed by atoms with Crippen LogP contribution in [0.3, 0.4) is 0 Å². The fourth-order valence-electron chi connectivity index (χ4n) is 6.39. The SMILES string of the molecule is CC(=O)N1CC[NH+](CCOc2ccc(NC(=O)c3cccc(F)c3)cc2-c2ccnn2C)CC1.Cn1nccc1-c1cc(NC(=O)c2cccc(F)c2)ccc1O.O=C([O-])C(=O)O. The number of aryl methyl sites for hydroxylation is 2. The van der Waals surface area contributed by atoms with E-state index in [0.29, 0.717) is 35.0 Å². The minimum atomic E-state index is -2.07. The molecule has 1 fully saturated rings. The molecule has 0 saturated carbocycles. The Balaban J connectivity index is 0.000000222. The molecule has 0 atom stereocenters. The lowest BCUT2D eigenvalue weighted by Crippen LogP contribution is -3.15. The van der Waals surface area contributed by atoms with Crippen molar-refractivity contribution < 1.29 is 57.7 Å². The Morgan fingerprint density at radius 2 is 1.24 bits per heavy atom. The molecule has 6 aromatic rings. The largest absolute Gasteiger partial charge is 0.539 e.